The number of aromatic nitrogens is 2. The normalized spacial score (nSPS) is 15.1. The molecule has 5 rings (SSSR count). The molecule has 2 aromatic carbocycles. The lowest BCUT2D eigenvalue weighted by Crippen LogP contribution is -2.44. The quantitative estimate of drug-likeness (QED) is 0.449. The standard InChI is InChI=1S/C26H28N4O2S/c1-18-22-16-24(33-26(22)30(28-18)21-9-4-3-5-10-21)25(31)27-20-12-14-29(15-13-20)17-19-8-6-7-11-23(19)32-2/h3-11,16,20H,12-15,17H2,1-2H3,(H,27,31). The third-order valence-electron chi connectivity index (χ3n) is 6.28. The summed E-state index contributed by atoms with van der Waals surface area (Å²) >= 11 is 1.51. The second kappa shape index (κ2) is 9.37. The van der Waals surface area contributed by atoms with Crippen molar-refractivity contribution >= 4 is 27.5 Å². The van der Waals surface area contributed by atoms with Gasteiger partial charge in [0.1, 0.15) is 10.6 Å². The van der Waals surface area contributed by atoms with Crippen LogP contribution in [0.3, 0.4) is 0 Å². The highest BCUT2D eigenvalue weighted by Crippen LogP contribution is 2.30. The SMILES string of the molecule is COc1ccccc1CN1CCC(NC(=O)c2cc3c(C)nn(-c4ccccc4)c3s2)CC1. The Morgan fingerprint density at radius 1 is 1.12 bits per heavy atom. The van der Waals surface area contributed by atoms with E-state index in [-0.39, 0.29) is 11.9 Å². The smallest absolute Gasteiger partial charge is 0.261 e. The first-order valence-electron chi connectivity index (χ1n) is 11.3. The summed E-state index contributed by atoms with van der Waals surface area (Å²) in [7, 11) is 1.72. The molecule has 4 aromatic rings. The molecular weight excluding hydrogens is 432 g/mol. The van der Waals surface area contributed by atoms with Gasteiger partial charge in [-0.1, -0.05) is 36.4 Å². The van der Waals surface area contributed by atoms with Gasteiger partial charge < -0.3 is 10.1 Å². The lowest BCUT2D eigenvalue weighted by molar-refractivity contribution is 0.0913. The Hall–Kier alpha value is -3.16. The van der Waals surface area contributed by atoms with Crippen LogP contribution in [0.5, 0.6) is 5.75 Å². The van der Waals surface area contributed by atoms with Gasteiger partial charge in [-0.05, 0) is 44.0 Å². The molecule has 1 saturated heterocycles. The van der Waals surface area contributed by atoms with Crippen LogP contribution < -0.4 is 10.1 Å². The molecular formula is C26H28N4O2S. The van der Waals surface area contributed by atoms with E-state index in [1.165, 1.54) is 16.9 Å². The van der Waals surface area contributed by atoms with E-state index in [0.29, 0.717) is 0 Å². The van der Waals surface area contributed by atoms with Crippen molar-refractivity contribution in [3.63, 3.8) is 0 Å². The Morgan fingerprint density at radius 3 is 2.61 bits per heavy atom. The summed E-state index contributed by atoms with van der Waals surface area (Å²) in [5.74, 6) is 0.945. The minimum absolute atomic E-state index is 0.0124. The van der Waals surface area contributed by atoms with Crippen molar-refractivity contribution in [2.24, 2.45) is 0 Å². The Labute approximate surface area is 197 Å². The fourth-order valence-corrected chi connectivity index (χ4v) is 5.56. The van der Waals surface area contributed by atoms with Gasteiger partial charge in [0.25, 0.3) is 5.91 Å². The number of aryl methyl sites for hydroxylation is 1. The number of para-hydroxylation sites is 2. The average Bonchev–Trinajstić information content (AvgIpc) is 3.42. The second-order valence-corrected chi connectivity index (χ2v) is 9.53. The summed E-state index contributed by atoms with van der Waals surface area (Å²) in [5, 5.41) is 8.98. The highest BCUT2D eigenvalue weighted by molar-refractivity contribution is 7.20. The fraction of sp³-hybridized carbons (Fsp3) is 0.308. The third-order valence-corrected chi connectivity index (χ3v) is 7.39. The molecule has 1 aliphatic rings. The number of rotatable bonds is 6. The highest BCUT2D eigenvalue weighted by atomic mass is 32.1. The number of piperidine rings is 1. The summed E-state index contributed by atoms with van der Waals surface area (Å²) in [4.78, 5) is 17.2. The van der Waals surface area contributed by atoms with E-state index in [9.17, 15) is 4.79 Å². The van der Waals surface area contributed by atoms with Crippen LogP contribution >= 0.6 is 11.3 Å². The zero-order valence-electron chi connectivity index (χ0n) is 19.0. The molecule has 0 unspecified atom stereocenters. The van der Waals surface area contributed by atoms with Gasteiger partial charge >= 0.3 is 0 Å². The number of hydrogen-bond acceptors (Lipinski definition) is 5. The summed E-state index contributed by atoms with van der Waals surface area (Å²) < 4.78 is 7.42. The second-order valence-electron chi connectivity index (χ2n) is 8.50. The molecule has 0 atom stereocenters. The average molecular weight is 461 g/mol. The van der Waals surface area contributed by atoms with Crippen molar-refractivity contribution in [3.05, 3.63) is 76.8 Å². The number of thiophene rings is 1. The monoisotopic (exact) mass is 460 g/mol. The van der Waals surface area contributed by atoms with E-state index in [4.69, 9.17) is 4.74 Å². The van der Waals surface area contributed by atoms with Gasteiger partial charge in [-0.2, -0.15) is 5.10 Å². The van der Waals surface area contributed by atoms with E-state index in [1.807, 2.05) is 60.1 Å². The summed E-state index contributed by atoms with van der Waals surface area (Å²) in [6, 6.07) is 20.4. The number of carbonyl (C=O) groups is 1. The fourth-order valence-electron chi connectivity index (χ4n) is 4.47. The molecule has 1 amide bonds. The summed E-state index contributed by atoms with van der Waals surface area (Å²) in [6.07, 6.45) is 1.89. The van der Waals surface area contributed by atoms with E-state index in [0.717, 1.165) is 64.7 Å². The first-order chi connectivity index (χ1) is 16.1. The number of hydrogen-bond donors (Lipinski definition) is 1. The molecule has 0 spiro atoms. The molecule has 170 valence electrons. The van der Waals surface area contributed by atoms with Crippen molar-refractivity contribution in [3.8, 4) is 11.4 Å². The molecule has 0 saturated carbocycles. The maximum Gasteiger partial charge on any atom is 0.261 e. The van der Waals surface area contributed by atoms with Gasteiger partial charge in [-0.3, -0.25) is 9.69 Å². The minimum Gasteiger partial charge on any atom is -0.496 e. The molecule has 1 N–H and O–H groups in total. The Morgan fingerprint density at radius 2 is 1.85 bits per heavy atom. The predicted molar refractivity (Wildman–Crippen MR) is 132 cm³/mol. The van der Waals surface area contributed by atoms with Crippen LogP contribution in [-0.4, -0.2) is 46.8 Å². The number of amides is 1. The maximum atomic E-state index is 13.0. The zero-order valence-corrected chi connectivity index (χ0v) is 19.8. The van der Waals surface area contributed by atoms with Gasteiger partial charge in [0, 0.05) is 36.6 Å². The molecule has 0 aliphatic carbocycles. The molecule has 6 nitrogen and oxygen atoms in total. The van der Waals surface area contributed by atoms with Crippen molar-refractivity contribution in [1.29, 1.82) is 0 Å². The number of benzene rings is 2. The van der Waals surface area contributed by atoms with Gasteiger partial charge in [-0.15, -0.1) is 11.3 Å². The number of methoxy groups -OCH3 is 1. The molecule has 0 bridgehead atoms. The van der Waals surface area contributed by atoms with Crippen LogP contribution in [0.15, 0.2) is 60.7 Å². The van der Waals surface area contributed by atoms with Crippen molar-refractivity contribution in [2.75, 3.05) is 20.2 Å². The number of nitrogens with zero attached hydrogens (tertiary/aromatic N) is 3. The largest absolute Gasteiger partial charge is 0.496 e. The maximum absolute atomic E-state index is 13.0. The minimum atomic E-state index is 0.0124. The van der Waals surface area contributed by atoms with Crippen molar-refractivity contribution in [2.45, 2.75) is 32.4 Å². The molecule has 0 radical (unpaired) electrons. The van der Waals surface area contributed by atoms with E-state index >= 15 is 0 Å². The number of carbonyl (C=O) groups excluding carboxylic acids is 1. The van der Waals surface area contributed by atoms with E-state index in [2.05, 4.69) is 27.4 Å². The Bertz CT molecular complexity index is 1260. The molecule has 1 aliphatic heterocycles. The topological polar surface area (TPSA) is 59.4 Å². The van der Waals surface area contributed by atoms with Crippen LogP contribution in [0, 0.1) is 6.92 Å². The summed E-state index contributed by atoms with van der Waals surface area (Å²) in [5.41, 5.74) is 3.15. The molecule has 1 fully saturated rings. The summed E-state index contributed by atoms with van der Waals surface area (Å²) in [6.45, 7) is 4.78. The molecule has 7 heteroatoms. The van der Waals surface area contributed by atoms with Crippen LogP contribution in [0.1, 0.15) is 33.8 Å². The third kappa shape index (κ3) is 4.51. The first-order valence-corrected chi connectivity index (χ1v) is 12.1. The lowest BCUT2D eigenvalue weighted by Gasteiger charge is -2.32. The van der Waals surface area contributed by atoms with Crippen LogP contribution in [0.2, 0.25) is 0 Å². The van der Waals surface area contributed by atoms with Crippen LogP contribution in [-0.2, 0) is 6.54 Å². The number of ether oxygens (including phenoxy) is 1. The van der Waals surface area contributed by atoms with Crippen LogP contribution in [0.4, 0.5) is 0 Å². The van der Waals surface area contributed by atoms with Gasteiger partial charge in [0.2, 0.25) is 0 Å². The zero-order chi connectivity index (χ0) is 22.8. The molecule has 3 heterocycles. The lowest BCUT2D eigenvalue weighted by atomic mass is 10.0. The number of likely N-dealkylation sites (tertiary alicyclic amines) is 1. The van der Waals surface area contributed by atoms with Crippen molar-refractivity contribution < 1.29 is 9.53 Å². The van der Waals surface area contributed by atoms with Crippen LogP contribution in [0.25, 0.3) is 15.9 Å². The van der Waals surface area contributed by atoms with E-state index < -0.39 is 0 Å². The van der Waals surface area contributed by atoms with Gasteiger partial charge in [0.05, 0.1) is 23.4 Å². The van der Waals surface area contributed by atoms with Gasteiger partial charge in [0.15, 0.2) is 0 Å². The molecule has 2 aromatic heterocycles. The van der Waals surface area contributed by atoms with Gasteiger partial charge in [-0.25, -0.2) is 4.68 Å². The Balaban J connectivity index is 1.23. The van der Waals surface area contributed by atoms with Crippen molar-refractivity contribution in [1.82, 2.24) is 20.0 Å². The highest BCUT2D eigenvalue weighted by Gasteiger charge is 2.23. The predicted octanol–water partition coefficient (Wildman–Crippen LogP) is 4.80. The van der Waals surface area contributed by atoms with E-state index in [1.54, 1.807) is 7.11 Å². The first kappa shape index (κ1) is 21.7. The number of fused-ring (bicyclic) bond motifs is 1. The number of nitrogens with one attached hydrogen (secondary N) is 1. The Kier molecular flexibility index (Phi) is 6.15. The molecule has 33 heavy (non-hydrogen) atoms.